The molecule has 0 aromatic heterocycles. The summed E-state index contributed by atoms with van der Waals surface area (Å²) >= 11 is 0. The van der Waals surface area contributed by atoms with Crippen molar-refractivity contribution in [3.63, 3.8) is 0 Å². The first kappa shape index (κ1) is 55.3. The molecule has 330 valence electrons. The third-order valence-corrected chi connectivity index (χ3v) is 10.3. The number of phosphoric ester groups is 1. The van der Waals surface area contributed by atoms with E-state index in [1.807, 2.05) is 0 Å². The van der Waals surface area contributed by atoms with Crippen molar-refractivity contribution < 1.29 is 37.9 Å². The van der Waals surface area contributed by atoms with Crippen LogP contribution >= 0.6 is 7.82 Å². The Balaban J connectivity index is 3.96. The van der Waals surface area contributed by atoms with Crippen LogP contribution < -0.4 is 0 Å². The number of rotatable bonds is 38. The first-order valence-corrected chi connectivity index (χ1v) is 24.8. The lowest BCUT2D eigenvalue weighted by Crippen LogP contribution is -2.29. The molecule has 8 nitrogen and oxygen atoms in total. The Hall–Kier alpha value is -2.71. The highest BCUT2D eigenvalue weighted by Gasteiger charge is 2.23. The molecular formula is C49H81O8P. The van der Waals surface area contributed by atoms with E-state index in [1.54, 1.807) is 0 Å². The Morgan fingerprint density at radius 1 is 0.448 bits per heavy atom. The predicted octanol–water partition coefficient (Wildman–Crippen LogP) is 12.9. The monoisotopic (exact) mass is 829 g/mol. The van der Waals surface area contributed by atoms with Gasteiger partial charge in [-0.25, -0.2) is 4.57 Å². The molecule has 0 saturated heterocycles. The van der Waals surface area contributed by atoms with Gasteiger partial charge in [0.25, 0.3) is 0 Å². The smallest absolute Gasteiger partial charge is 0.462 e. The van der Waals surface area contributed by atoms with E-state index in [0.29, 0.717) is 12.8 Å². The maximum atomic E-state index is 12.4. The molecule has 0 aromatic rings. The SMILES string of the molecule is CCCCCCCCCCC#CC#CCCCCCCCCC(=O)OC[C@H](COP(=O)(O)O)OC(=O)CCCCCCCCC#CC#CCCCCCCCCCC. The molecule has 0 heterocycles. The van der Waals surface area contributed by atoms with Crippen LogP contribution in [-0.2, 0) is 28.2 Å². The van der Waals surface area contributed by atoms with Crippen molar-refractivity contribution in [2.45, 2.75) is 238 Å². The van der Waals surface area contributed by atoms with Crippen molar-refractivity contribution in [3.8, 4) is 47.4 Å². The second kappa shape index (κ2) is 43.9. The second-order valence-electron chi connectivity index (χ2n) is 15.5. The van der Waals surface area contributed by atoms with Crippen LogP contribution in [0, 0.1) is 47.4 Å². The van der Waals surface area contributed by atoms with Crippen LogP contribution in [0.15, 0.2) is 0 Å². The highest BCUT2D eigenvalue weighted by Crippen LogP contribution is 2.36. The summed E-state index contributed by atoms with van der Waals surface area (Å²) in [5, 5.41) is 0. The summed E-state index contributed by atoms with van der Waals surface area (Å²) in [5.74, 6) is 23.6. The summed E-state index contributed by atoms with van der Waals surface area (Å²) in [6.45, 7) is 3.62. The quantitative estimate of drug-likeness (QED) is 0.0273. The van der Waals surface area contributed by atoms with Crippen LogP contribution in [0.3, 0.4) is 0 Å². The van der Waals surface area contributed by atoms with Gasteiger partial charge in [-0.05, 0) is 62.2 Å². The largest absolute Gasteiger partial charge is 0.469 e. The number of phosphoric acid groups is 1. The summed E-state index contributed by atoms with van der Waals surface area (Å²) in [6, 6.07) is 0. The van der Waals surface area contributed by atoms with Crippen LogP contribution in [-0.4, -0.2) is 41.0 Å². The van der Waals surface area contributed by atoms with E-state index >= 15 is 0 Å². The van der Waals surface area contributed by atoms with Crippen molar-refractivity contribution in [2.24, 2.45) is 0 Å². The van der Waals surface area contributed by atoms with Gasteiger partial charge in [0.15, 0.2) is 6.10 Å². The number of carbonyl (C=O) groups excluding carboxylic acids is 2. The standard InChI is InChI=1S/C49H81O8P/c1-3-5-7-9-11-13-15-17-19-21-23-25-27-29-31-33-35-37-39-41-43-48(50)55-45-47(46-56-58(52,53)54)57-49(51)44-42-40-38-36-34-32-30-28-26-24-22-20-18-16-14-12-10-8-6-4-2/h47H,3-20,29-46H2,1-2H3,(H2,52,53,54)/t47-/m1/s1. The Morgan fingerprint density at radius 2 is 0.759 bits per heavy atom. The number of unbranched alkanes of at least 4 members (excludes halogenated alkanes) is 28. The highest BCUT2D eigenvalue weighted by atomic mass is 31.2. The molecule has 0 rings (SSSR count). The Bertz CT molecular complexity index is 1290. The third kappa shape index (κ3) is 46.0. The van der Waals surface area contributed by atoms with Crippen LogP contribution in [0.1, 0.15) is 232 Å². The fraction of sp³-hybridized carbons (Fsp3) is 0.796. The van der Waals surface area contributed by atoms with Crippen LogP contribution in [0.4, 0.5) is 0 Å². The van der Waals surface area contributed by atoms with Crippen molar-refractivity contribution in [1.29, 1.82) is 0 Å². The Morgan fingerprint density at radius 3 is 1.10 bits per heavy atom. The van der Waals surface area contributed by atoms with Gasteiger partial charge in [-0.2, -0.15) is 0 Å². The molecule has 1 atom stereocenters. The molecule has 0 bridgehead atoms. The summed E-state index contributed by atoms with van der Waals surface area (Å²) in [4.78, 5) is 42.9. The lowest BCUT2D eigenvalue weighted by molar-refractivity contribution is -0.161. The van der Waals surface area contributed by atoms with Gasteiger partial charge in [0.05, 0.1) is 6.61 Å². The molecule has 0 aromatic carbocycles. The highest BCUT2D eigenvalue weighted by molar-refractivity contribution is 7.46. The van der Waals surface area contributed by atoms with Gasteiger partial charge in [-0.1, -0.05) is 179 Å². The van der Waals surface area contributed by atoms with Crippen LogP contribution in [0.5, 0.6) is 0 Å². The van der Waals surface area contributed by atoms with Crippen molar-refractivity contribution in [2.75, 3.05) is 13.2 Å². The van der Waals surface area contributed by atoms with Gasteiger partial charge < -0.3 is 19.3 Å². The van der Waals surface area contributed by atoms with Crippen LogP contribution in [0.2, 0.25) is 0 Å². The minimum Gasteiger partial charge on any atom is -0.462 e. The molecular weight excluding hydrogens is 748 g/mol. The van der Waals surface area contributed by atoms with E-state index < -0.39 is 32.5 Å². The number of hydrogen-bond donors (Lipinski definition) is 2. The predicted molar refractivity (Wildman–Crippen MR) is 238 cm³/mol. The van der Waals surface area contributed by atoms with Gasteiger partial charge >= 0.3 is 19.8 Å². The summed E-state index contributed by atoms with van der Waals surface area (Å²) in [5.41, 5.74) is 0. The molecule has 0 unspecified atom stereocenters. The minimum absolute atomic E-state index is 0.170. The number of hydrogen-bond acceptors (Lipinski definition) is 6. The van der Waals surface area contributed by atoms with Crippen molar-refractivity contribution in [3.05, 3.63) is 0 Å². The molecule has 0 aliphatic carbocycles. The zero-order valence-electron chi connectivity index (χ0n) is 36.8. The molecule has 0 saturated carbocycles. The first-order chi connectivity index (χ1) is 28.3. The van der Waals surface area contributed by atoms with E-state index in [9.17, 15) is 14.2 Å². The minimum atomic E-state index is -4.78. The van der Waals surface area contributed by atoms with Crippen molar-refractivity contribution >= 4 is 19.8 Å². The molecule has 58 heavy (non-hydrogen) atoms. The maximum Gasteiger partial charge on any atom is 0.469 e. The Kier molecular flexibility index (Phi) is 41.8. The molecule has 0 fully saturated rings. The zero-order chi connectivity index (χ0) is 42.5. The fourth-order valence-corrected chi connectivity index (χ4v) is 6.66. The van der Waals surface area contributed by atoms with Crippen LogP contribution in [0.25, 0.3) is 0 Å². The van der Waals surface area contributed by atoms with E-state index in [-0.39, 0.29) is 19.4 Å². The van der Waals surface area contributed by atoms with E-state index in [1.165, 1.54) is 96.3 Å². The summed E-state index contributed by atoms with van der Waals surface area (Å²) in [6.07, 6.45) is 35.2. The van der Waals surface area contributed by atoms with E-state index in [0.717, 1.165) is 96.3 Å². The van der Waals surface area contributed by atoms with Gasteiger partial charge in [-0.15, -0.1) is 0 Å². The molecule has 0 amide bonds. The van der Waals surface area contributed by atoms with Gasteiger partial charge in [0, 0.05) is 38.5 Å². The van der Waals surface area contributed by atoms with Crippen molar-refractivity contribution in [1.82, 2.24) is 0 Å². The third-order valence-electron chi connectivity index (χ3n) is 9.81. The topological polar surface area (TPSA) is 119 Å². The van der Waals surface area contributed by atoms with Gasteiger partial charge in [0.1, 0.15) is 6.61 Å². The van der Waals surface area contributed by atoms with Gasteiger partial charge in [-0.3, -0.25) is 14.1 Å². The first-order valence-electron chi connectivity index (χ1n) is 23.2. The summed E-state index contributed by atoms with van der Waals surface area (Å²) < 4.78 is 26.4. The average molecular weight is 829 g/mol. The maximum absolute atomic E-state index is 12.4. The fourth-order valence-electron chi connectivity index (χ4n) is 6.30. The van der Waals surface area contributed by atoms with E-state index in [4.69, 9.17) is 19.3 Å². The molecule has 0 spiro atoms. The average Bonchev–Trinajstić information content (AvgIpc) is 3.20. The lowest BCUT2D eigenvalue weighted by Gasteiger charge is -2.18. The number of esters is 2. The van der Waals surface area contributed by atoms with E-state index in [2.05, 4.69) is 65.7 Å². The second-order valence-corrected chi connectivity index (χ2v) is 16.7. The zero-order valence-corrected chi connectivity index (χ0v) is 37.7. The van der Waals surface area contributed by atoms with Gasteiger partial charge in [0.2, 0.25) is 0 Å². The summed E-state index contributed by atoms with van der Waals surface area (Å²) in [7, 11) is -4.78. The molecule has 9 heteroatoms. The molecule has 0 aliphatic rings. The molecule has 0 radical (unpaired) electrons. The number of ether oxygens (including phenoxy) is 2. The molecule has 0 aliphatic heterocycles. The molecule has 2 N–H and O–H groups in total. The normalized spacial score (nSPS) is 11.2. The lowest BCUT2D eigenvalue weighted by atomic mass is 10.1. The number of carbonyl (C=O) groups is 2. The Labute approximate surface area is 355 Å².